The van der Waals surface area contributed by atoms with Crippen LogP contribution in [0, 0.1) is 6.92 Å². The Morgan fingerprint density at radius 1 is 1.29 bits per heavy atom. The van der Waals surface area contributed by atoms with Crippen molar-refractivity contribution in [3.63, 3.8) is 0 Å². The molecule has 5 N–H and O–H groups in total. The number of guanidine groups is 1. The third-order valence-electron chi connectivity index (χ3n) is 2.73. The van der Waals surface area contributed by atoms with Crippen molar-refractivity contribution in [1.82, 2.24) is 0 Å². The standard InChI is InChI=1S/C14H14N4O3/c1-8-2-3-9(13(19)20)6-11(8)12-5-4-10(21-12)7-17-18-14(15)16/h2-7H,1H3,(H,19,20)(H4,15,16,18)/b17-7-. The van der Waals surface area contributed by atoms with E-state index in [1.165, 1.54) is 6.21 Å². The van der Waals surface area contributed by atoms with Gasteiger partial charge in [0.25, 0.3) is 0 Å². The molecule has 0 bridgehead atoms. The summed E-state index contributed by atoms with van der Waals surface area (Å²) in [6.07, 6.45) is 1.36. The molecule has 1 aromatic carbocycles. The van der Waals surface area contributed by atoms with E-state index in [9.17, 15) is 4.79 Å². The number of carbonyl (C=O) groups is 1. The number of furan rings is 1. The number of nitrogens with two attached hydrogens (primary N) is 2. The van der Waals surface area contributed by atoms with Crippen LogP contribution in [0.2, 0.25) is 0 Å². The molecule has 0 spiro atoms. The highest BCUT2D eigenvalue weighted by Gasteiger charge is 2.10. The maximum Gasteiger partial charge on any atom is 0.335 e. The van der Waals surface area contributed by atoms with E-state index in [0.717, 1.165) is 5.56 Å². The first-order valence-electron chi connectivity index (χ1n) is 6.03. The monoisotopic (exact) mass is 286 g/mol. The molecule has 0 aliphatic heterocycles. The summed E-state index contributed by atoms with van der Waals surface area (Å²) < 4.78 is 5.57. The minimum Gasteiger partial charge on any atom is -0.478 e. The molecule has 7 heteroatoms. The number of carboxylic acid groups (broad SMARTS) is 1. The van der Waals surface area contributed by atoms with Crippen molar-refractivity contribution in [3.05, 3.63) is 47.2 Å². The molecule has 2 aromatic rings. The smallest absolute Gasteiger partial charge is 0.335 e. The molecular weight excluding hydrogens is 272 g/mol. The Morgan fingerprint density at radius 3 is 2.71 bits per heavy atom. The highest BCUT2D eigenvalue weighted by atomic mass is 16.4. The summed E-state index contributed by atoms with van der Waals surface area (Å²) in [7, 11) is 0. The first-order valence-corrected chi connectivity index (χ1v) is 6.03. The molecule has 2 rings (SSSR count). The molecule has 0 atom stereocenters. The molecule has 0 fully saturated rings. The van der Waals surface area contributed by atoms with Crippen LogP contribution in [-0.4, -0.2) is 23.2 Å². The van der Waals surface area contributed by atoms with Crippen LogP contribution in [0.15, 0.2) is 45.0 Å². The molecular formula is C14H14N4O3. The van der Waals surface area contributed by atoms with Gasteiger partial charge in [0.05, 0.1) is 11.8 Å². The molecule has 0 saturated carbocycles. The van der Waals surface area contributed by atoms with Crippen molar-refractivity contribution in [2.75, 3.05) is 0 Å². The van der Waals surface area contributed by atoms with Crippen molar-refractivity contribution < 1.29 is 14.3 Å². The van der Waals surface area contributed by atoms with Crippen LogP contribution < -0.4 is 11.5 Å². The molecule has 0 aliphatic carbocycles. The summed E-state index contributed by atoms with van der Waals surface area (Å²) in [6.45, 7) is 1.87. The number of carboxylic acids is 1. The van der Waals surface area contributed by atoms with E-state index >= 15 is 0 Å². The predicted molar refractivity (Wildman–Crippen MR) is 79.2 cm³/mol. The Morgan fingerprint density at radius 2 is 2.05 bits per heavy atom. The van der Waals surface area contributed by atoms with Gasteiger partial charge in [0.15, 0.2) is 0 Å². The summed E-state index contributed by atoms with van der Waals surface area (Å²) in [5.41, 5.74) is 12.1. The van der Waals surface area contributed by atoms with Gasteiger partial charge < -0.3 is 21.0 Å². The molecule has 108 valence electrons. The van der Waals surface area contributed by atoms with Crippen LogP contribution in [0.4, 0.5) is 0 Å². The van der Waals surface area contributed by atoms with Crippen molar-refractivity contribution in [1.29, 1.82) is 0 Å². The van der Waals surface area contributed by atoms with Crippen molar-refractivity contribution >= 4 is 18.1 Å². The van der Waals surface area contributed by atoms with E-state index in [1.807, 2.05) is 6.92 Å². The molecule has 0 saturated heterocycles. The first-order chi connectivity index (χ1) is 9.97. The fourth-order valence-corrected chi connectivity index (χ4v) is 1.74. The number of hydrogen-bond acceptors (Lipinski definition) is 4. The van der Waals surface area contributed by atoms with Crippen LogP contribution in [-0.2, 0) is 0 Å². The molecule has 1 heterocycles. The molecule has 21 heavy (non-hydrogen) atoms. The summed E-state index contributed by atoms with van der Waals surface area (Å²) in [6, 6.07) is 8.26. The van der Waals surface area contributed by atoms with E-state index in [4.69, 9.17) is 21.0 Å². The summed E-state index contributed by atoms with van der Waals surface area (Å²) >= 11 is 0. The van der Waals surface area contributed by atoms with Crippen molar-refractivity contribution in [2.45, 2.75) is 6.92 Å². The van der Waals surface area contributed by atoms with Crippen LogP contribution >= 0.6 is 0 Å². The normalized spacial score (nSPS) is 10.7. The number of nitrogens with zero attached hydrogens (tertiary/aromatic N) is 2. The largest absolute Gasteiger partial charge is 0.478 e. The van der Waals surface area contributed by atoms with Gasteiger partial charge in [-0.25, -0.2) is 4.79 Å². The number of aryl methyl sites for hydroxylation is 1. The van der Waals surface area contributed by atoms with Gasteiger partial charge in [-0.2, -0.15) is 5.10 Å². The second-order valence-corrected chi connectivity index (χ2v) is 4.31. The lowest BCUT2D eigenvalue weighted by Crippen LogP contribution is -2.21. The Hall–Kier alpha value is -3.09. The summed E-state index contributed by atoms with van der Waals surface area (Å²) in [5.74, 6) is -0.141. The number of benzene rings is 1. The molecule has 0 radical (unpaired) electrons. The zero-order valence-corrected chi connectivity index (χ0v) is 11.3. The average molecular weight is 286 g/mol. The lowest BCUT2D eigenvalue weighted by molar-refractivity contribution is 0.0697. The maximum absolute atomic E-state index is 11.0. The Kier molecular flexibility index (Phi) is 4.03. The van der Waals surface area contributed by atoms with Gasteiger partial charge in [-0.1, -0.05) is 6.07 Å². The third kappa shape index (κ3) is 3.47. The summed E-state index contributed by atoms with van der Waals surface area (Å²) in [5, 5.41) is 16.1. The van der Waals surface area contributed by atoms with E-state index in [-0.39, 0.29) is 11.5 Å². The molecule has 0 unspecified atom stereocenters. The second kappa shape index (κ2) is 5.91. The molecule has 0 amide bonds. The van der Waals surface area contributed by atoms with Gasteiger partial charge in [-0.15, -0.1) is 5.10 Å². The predicted octanol–water partition coefficient (Wildman–Crippen LogP) is 1.56. The van der Waals surface area contributed by atoms with Gasteiger partial charge in [-0.05, 0) is 36.8 Å². The topological polar surface area (TPSA) is 127 Å². The van der Waals surface area contributed by atoms with Gasteiger partial charge in [0.1, 0.15) is 11.5 Å². The van der Waals surface area contributed by atoms with Crippen molar-refractivity contribution in [3.8, 4) is 11.3 Å². The molecule has 0 aliphatic rings. The first kappa shape index (κ1) is 14.3. The van der Waals surface area contributed by atoms with Crippen LogP contribution in [0.1, 0.15) is 21.7 Å². The molecule has 7 nitrogen and oxygen atoms in total. The number of hydrogen-bond donors (Lipinski definition) is 3. The van der Waals surface area contributed by atoms with E-state index in [2.05, 4.69) is 10.2 Å². The third-order valence-corrected chi connectivity index (χ3v) is 2.73. The van der Waals surface area contributed by atoms with Crippen molar-refractivity contribution in [2.24, 2.45) is 21.7 Å². The van der Waals surface area contributed by atoms with Gasteiger partial charge >= 0.3 is 5.97 Å². The highest BCUT2D eigenvalue weighted by Crippen LogP contribution is 2.26. The van der Waals surface area contributed by atoms with Gasteiger partial charge in [0.2, 0.25) is 5.96 Å². The number of rotatable bonds is 4. The highest BCUT2D eigenvalue weighted by molar-refractivity contribution is 5.89. The average Bonchev–Trinajstić information content (AvgIpc) is 2.87. The number of aromatic carboxylic acids is 1. The Bertz CT molecular complexity index is 728. The maximum atomic E-state index is 11.0. The van der Waals surface area contributed by atoms with Gasteiger partial charge in [-0.3, -0.25) is 0 Å². The van der Waals surface area contributed by atoms with Crippen LogP contribution in [0.3, 0.4) is 0 Å². The van der Waals surface area contributed by atoms with Crippen LogP contribution in [0.25, 0.3) is 11.3 Å². The van der Waals surface area contributed by atoms with E-state index in [1.54, 1.807) is 30.3 Å². The SMILES string of the molecule is Cc1ccc(C(=O)O)cc1-c1ccc(/C=N\N=C(N)N)o1. The zero-order chi connectivity index (χ0) is 15.4. The second-order valence-electron chi connectivity index (χ2n) is 4.31. The Labute approximate surface area is 120 Å². The Balaban J connectivity index is 2.33. The zero-order valence-electron chi connectivity index (χ0n) is 11.3. The van der Waals surface area contributed by atoms with E-state index < -0.39 is 5.97 Å². The minimum absolute atomic E-state index is 0.150. The minimum atomic E-state index is -0.989. The van der Waals surface area contributed by atoms with E-state index in [0.29, 0.717) is 17.1 Å². The van der Waals surface area contributed by atoms with Gasteiger partial charge in [0, 0.05) is 5.56 Å². The fourth-order valence-electron chi connectivity index (χ4n) is 1.74. The summed E-state index contributed by atoms with van der Waals surface area (Å²) in [4.78, 5) is 11.0. The van der Waals surface area contributed by atoms with Crippen LogP contribution in [0.5, 0.6) is 0 Å². The molecule has 1 aromatic heterocycles. The lowest BCUT2D eigenvalue weighted by Gasteiger charge is -2.04. The fraction of sp³-hybridized carbons (Fsp3) is 0.0714. The lowest BCUT2D eigenvalue weighted by atomic mass is 10.0. The quantitative estimate of drug-likeness (QED) is 0.446.